The van der Waals surface area contributed by atoms with Gasteiger partial charge in [0.2, 0.25) is 0 Å². The Morgan fingerprint density at radius 2 is 2.17 bits per heavy atom. The second-order valence-electron chi connectivity index (χ2n) is 5.61. The summed E-state index contributed by atoms with van der Waals surface area (Å²) in [5.74, 6) is 1.78. The van der Waals surface area contributed by atoms with Gasteiger partial charge in [-0.05, 0) is 48.4 Å². The highest BCUT2D eigenvalue weighted by molar-refractivity contribution is 8.02. The number of hydrogen-bond acceptors (Lipinski definition) is 2. The highest BCUT2D eigenvalue weighted by Gasteiger charge is 2.07. The van der Waals surface area contributed by atoms with Crippen LogP contribution in [0, 0.1) is 6.92 Å². The summed E-state index contributed by atoms with van der Waals surface area (Å²) >= 11 is 1.78. The van der Waals surface area contributed by atoms with Crippen LogP contribution >= 0.6 is 11.8 Å². The van der Waals surface area contributed by atoms with Crippen molar-refractivity contribution in [2.24, 2.45) is 0 Å². The lowest BCUT2D eigenvalue weighted by Crippen LogP contribution is -1.89. The van der Waals surface area contributed by atoms with E-state index in [0.29, 0.717) is 0 Å². The highest BCUT2D eigenvalue weighted by atomic mass is 32.2. The van der Waals surface area contributed by atoms with Gasteiger partial charge in [0.05, 0.1) is 0 Å². The first-order valence-corrected chi connectivity index (χ1v) is 8.92. The van der Waals surface area contributed by atoms with Crippen molar-refractivity contribution in [3.8, 4) is 11.4 Å². The van der Waals surface area contributed by atoms with Crippen LogP contribution in [0.1, 0.15) is 30.7 Å². The van der Waals surface area contributed by atoms with Crippen molar-refractivity contribution in [1.29, 1.82) is 0 Å². The summed E-state index contributed by atoms with van der Waals surface area (Å²) < 4.78 is 0. The number of nitrogens with one attached hydrogen (secondary N) is 1. The maximum Gasteiger partial charge on any atom is 0.137 e. The fourth-order valence-electron chi connectivity index (χ4n) is 2.45. The number of rotatable bonds is 7. The number of aryl methyl sites for hydroxylation is 1. The van der Waals surface area contributed by atoms with Crippen LogP contribution in [0.15, 0.2) is 66.8 Å². The van der Waals surface area contributed by atoms with Crippen LogP contribution in [0.4, 0.5) is 0 Å². The molecule has 0 saturated heterocycles. The van der Waals surface area contributed by atoms with Gasteiger partial charge in [-0.3, -0.25) is 0 Å². The summed E-state index contributed by atoms with van der Waals surface area (Å²) in [5, 5.41) is 0. The number of aromatic nitrogens is 2. The molecule has 3 heteroatoms. The minimum atomic E-state index is 0.873. The van der Waals surface area contributed by atoms with E-state index in [-0.39, 0.29) is 0 Å². The monoisotopic (exact) mass is 336 g/mol. The minimum Gasteiger partial charge on any atom is -0.341 e. The van der Waals surface area contributed by atoms with Crippen LogP contribution < -0.4 is 0 Å². The van der Waals surface area contributed by atoms with Crippen molar-refractivity contribution in [2.45, 2.75) is 26.5 Å². The Labute approximate surface area is 149 Å². The molecule has 0 amide bonds. The Balaban J connectivity index is 2.15. The molecule has 0 fully saturated rings. The standard InChI is InChI=1S/C21H24N2S/c1-6-8-15(3)20-11-10-18(12-16(20)4)21-22-13-19(23-21)14-24-17(5)9-7-2/h6-13H,2-3,14H2,1,4-5H3,(H,22,23). The third-order valence-corrected chi connectivity index (χ3v) is 4.70. The lowest BCUT2D eigenvalue weighted by molar-refractivity contribution is 1.23. The molecule has 2 aromatic rings. The van der Waals surface area contributed by atoms with Crippen LogP contribution in [0.5, 0.6) is 0 Å². The number of nitrogens with zero attached hydrogens (tertiary/aromatic N) is 1. The zero-order valence-electron chi connectivity index (χ0n) is 14.6. The van der Waals surface area contributed by atoms with Gasteiger partial charge < -0.3 is 4.98 Å². The number of thioether (sulfide) groups is 1. The lowest BCUT2D eigenvalue weighted by Gasteiger charge is -2.07. The van der Waals surface area contributed by atoms with Gasteiger partial charge in [0.25, 0.3) is 0 Å². The molecule has 2 nitrogen and oxygen atoms in total. The van der Waals surface area contributed by atoms with Crippen molar-refractivity contribution in [2.75, 3.05) is 0 Å². The number of benzene rings is 1. The number of imidazole rings is 1. The third kappa shape index (κ3) is 4.62. The third-order valence-electron chi connectivity index (χ3n) is 3.65. The normalized spacial score (nSPS) is 11.9. The van der Waals surface area contributed by atoms with E-state index in [2.05, 4.69) is 55.2 Å². The maximum absolute atomic E-state index is 4.52. The topological polar surface area (TPSA) is 28.7 Å². The molecular weight excluding hydrogens is 312 g/mol. The molecule has 124 valence electrons. The fourth-order valence-corrected chi connectivity index (χ4v) is 3.17. The summed E-state index contributed by atoms with van der Waals surface area (Å²) in [4.78, 5) is 9.16. The van der Waals surface area contributed by atoms with Gasteiger partial charge >= 0.3 is 0 Å². The molecule has 1 heterocycles. The maximum atomic E-state index is 4.52. The highest BCUT2D eigenvalue weighted by Crippen LogP contribution is 2.26. The van der Waals surface area contributed by atoms with Crippen LogP contribution in [0.25, 0.3) is 17.0 Å². The zero-order chi connectivity index (χ0) is 17.5. The number of aromatic amines is 1. The van der Waals surface area contributed by atoms with Gasteiger partial charge in [-0.15, -0.1) is 11.8 Å². The molecule has 1 aromatic carbocycles. The van der Waals surface area contributed by atoms with E-state index in [1.165, 1.54) is 16.0 Å². The predicted octanol–water partition coefficient (Wildman–Crippen LogP) is 6.30. The predicted molar refractivity (Wildman–Crippen MR) is 108 cm³/mol. The largest absolute Gasteiger partial charge is 0.341 e. The minimum absolute atomic E-state index is 0.873. The molecule has 0 radical (unpaired) electrons. The van der Waals surface area contributed by atoms with Crippen molar-refractivity contribution in [3.05, 3.63) is 83.6 Å². The molecule has 0 spiro atoms. The summed E-state index contributed by atoms with van der Waals surface area (Å²) in [6.45, 7) is 14.0. The van der Waals surface area contributed by atoms with Crippen LogP contribution in [-0.4, -0.2) is 9.97 Å². The SMILES string of the molecule is C=CC=C(C)SCc1cnc(-c2ccc(C(=C)C=CC)c(C)c2)[nH]1. The van der Waals surface area contributed by atoms with Crippen molar-refractivity contribution in [3.63, 3.8) is 0 Å². The molecule has 0 unspecified atom stereocenters. The number of allylic oxidation sites excluding steroid dienone is 6. The van der Waals surface area contributed by atoms with Gasteiger partial charge in [-0.1, -0.05) is 49.6 Å². The molecule has 0 aliphatic rings. The molecule has 0 aliphatic heterocycles. The zero-order valence-corrected chi connectivity index (χ0v) is 15.4. The second-order valence-corrected chi connectivity index (χ2v) is 6.83. The van der Waals surface area contributed by atoms with Gasteiger partial charge in [0.1, 0.15) is 5.82 Å². The van der Waals surface area contributed by atoms with Crippen molar-refractivity contribution in [1.82, 2.24) is 9.97 Å². The number of H-pyrrole nitrogens is 1. The van der Waals surface area contributed by atoms with Gasteiger partial charge in [-0.2, -0.15) is 0 Å². The average molecular weight is 337 g/mol. The summed E-state index contributed by atoms with van der Waals surface area (Å²) in [7, 11) is 0. The first-order valence-electron chi connectivity index (χ1n) is 7.94. The first kappa shape index (κ1) is 18.1. The molecule has 1 aromatic heterocycles. The first-order chi connectivity index (χ1) is 11.5. The van der Waals surface area contributed by atoms with Crippen molar-refractivity contribution < 1.29 is 0 Å². The molecule has 2 rings (SSSR count). The van der Waals surface area contributed by atoms with E-state index in [1.54, 1.807) is 11.8 Å². The Bertz CT molecular complexity index is 794. The molecule has 0 atom stereocenters. The van der Waals surface area contributed by atoms with E-state index in [1.807, 2.05) is 37.4 Å². The van der Waals surface area contributed by atoms with Gasteiger partial charge in [-0.25, -0.2) is 4.98 Å². The fraction of sp³-hybridized carbons (Fsp3) is 0.190. The van der Waals surface area contributed by atoms with Crippen LogP contribution in [-0.2, 0) is 5.75 Å². The van der Waals surface area contributed by atoms with E-state index < -0.39 is 0 Å². The summed E-state index contributed by atoms with van der Waals surface area (Å²) in [6.07, 6.45) is 9.78. The Morgan fingerprint density at radius 1 is 1.38 bits per heavy atom. The smallest absolute Gasteiger partial charge is 0.137 e. The Hall–Kier alpha value is -2.26. The summed E-state index contributed by atoms with van der Waals surface area (Å²) in [6, 6.07) is 6.36. The lowest BCUT2D eigenvalue weighted by atomic mass is 9.99. The van der Waals surface area contributed by atoms with Crippen LogP contribution in [0.2, 0.25) is 0 Å². The molecule has 0 aliphatic carbocycles. The van der Waals surface area contributed by atoms with E-state index in [9.17, 15) is 0 Å². The van der Waals surface area contributed by atoms with Gasteiger partial charge in [0, 0.05) is 23.2 Å². The van der Waals surface area contributed by atoms with E-state index >= 15 is 0 Å². The van der Waals surface area contributed by atoms with Crippen molar-refractivity contribution >= 4 is 17.3 Å². The molecule has 24 heavy (non-hydrogen) atoms. The Morgan fingerprint density at radius 3 is 2.83 bits per heavy atom. The molecule has 1 N–H and O–H groups in total. The number of hydrogen-bond donors (Lipinski definition) is 1. The average Bonchev–Trinajstić information content (AvgIpc) is 3.02. The molecular formula is C21H24N2S. The quantitative estimate of drug-likeness (QED) is 0.601. The van der Waals surface area contributed by atoms with Crippen LogP contribution in [0.3, 0.4) is 0 Å². The van der Waals surface area contributed by atoms with E-state index in [4.69, 9.17) is 0 Å². The Kier molecular flexibility index (Phi) is 6.44. The summed E-state index contributed by atoms with van der Waals surface area (Å²) in [5.41, 5.74) is 5.62. The molecule has 0 saturated carbocycles. The molecule has 0 bridgehead atoms. The second kappa shape index (κ2) is 8.55. The van der Waals surface area contributed by atoms with Gasteiger partial charge in [0.15, 0.2) is 0 Å². The van der Waals surface area contributed by atoms with E-state index in [0.717, 1.165) is 28.4 Å².